The molecule has 1 N–H and O–H groups in total. The van der Waals surface area contributed by atoms with Gasteiger partial charge in [0.1, 0.15) is 15.6 Å². The summed E-state index contributed by atoms with van der Waals surface area (Å²) in [7, 11) is 1.57. The summed E-state index contributed by atoms with van der Waals surface area (Å²) in [5, 5.41) is 9.68. The fourth-order valence-electron chi connectivity index (χ4n) is 1.56. The number of hydrogen-bond donors (Lipinski definition) is 1. The highest BCUT2D eigenvalue weighted by atomic mass is 79.9. The minimum atomic E-state index is -0.954. The molecule has 0 fully saturated rings. The highest BCUT2D eigenvalue weighted by Crippen LogP contribution is 2.36. The van der Waals surface area contributed by atoms with Crippen LogP contribution in [0.15, 0.2) is 22.7 Å². The Kier molecular flexibility index (Phi) is 3.68. The molecule has 0 spiro atoms. The lowest BCUT2D eigenvalue weighted by molar-refractivity contribution is 0.0701. The van der Waals surface area contributed by atoms with Gasteiger partial charge >= 0.3 is 5.97 Å². The predicted molar refractivity (Wildman–Crippen MR) is 73.5 cm³/mol. The number of methoxy groups -OCH3 is 1. The number of ether oxygens (including phenoxy) is 1. The quantitative estimate of drug-likeness (QED) is 0.935. The first-order chi connectivity index (χ1) is 8.52. The summed E-state index contributed by atoms with van der Waals surface area (Å²) in [6, 6.07) is 5.54. The highest BCUT2D eigenvalue weighted by molar-refractivity contribution is 9.10. The van der Waals surface area contributed by atoms with E-state index < -0.39 is 5.97 Å². The van der Waals surface area contributed by atoms with Gasteiger partial charge in [-0.3, -0.25) is 0 Å². The van der Waals surface area contributed by atoms with Crippen molar-refractivity contribution in [3.05, 3.63) is 33.2 Å². The molecule has 0 unspecified atom stereocenters. The van der Waals surface area contributed by atoms with Crippen LogP contribution in [-0.4, -0.2) is 23.2 Å². The number of thiazole rings is 1. The second-order valence-electron chi connectivity index (χ2n) is 3.58. The van der Waals surface area contributed by atoms with E-state index in [1.807, 2.05) is 18.2 Å². The summed E-state index contributed by atoms with van der Waals surface area (Å²) < 4.78 is 6.15. The van der Waals surface area contributed by atoms with Crippen LogP contribution in [0.3, 0.4) is 0 Å². The van der Waals surface area contributed by atoms with Crippen molar-refractivity contribution in [2.45, 2.75) is 6.92 Å². The first-order valence-electron chi connectivity index (χ1n) is 5.07. The summed E-state index contributed by atoms with van der Waals surface area (Å²) in [6.45, 7) is 1.69. The third kappa shape index (κ3) is 2.39. The van der Waals surface area contributed by atoms with E-state index in [-0.39, 0.29) is 4.88 Å². The maximum atomic E-state index is 11.0. The number of halogens is 1. The molecule has 6 heteroatoms. The number of hydrogen-bond acceptors (Lipinski definition) is 4. The molecule has 94 valence electrons. The third-order valence-corrected chi connectivity index (χ3v) is 4.05. The van der Waals surface area contributed by atoms with Crippen LogP contribution < -0.4 is 4.74 Å². The van der Waals surface area contributed by atoms with E-state index in [0.717, 1.165) is 21.4 Å². The molecule has 1 aromatic carbocycles. The lowest BCUT2D eigenvalue weighted by atomic mass is 10.2. The van der Waals surface area contributed by atoms with Gasteiger partial charge in [0, 0.05) is 4.47 Å². The molecule has 0 radical (unpaired) electrons. The Bertz CT molecular complexity index is 609. The second-order valence-corrected chi connectivity index (χ2v) is 5.50. The smallest absolute Gasteiger partial charge is 0.347 e. The fourth-order valence-corrected chi connectivity index (χ4v) is 2.84. The molecule has 0 aliphatic rings. The molecular weight excluding hydrogens is 318 g/mol. The first kappa shape index (κ1) is 13.0. The Morgan fingerprint density at radius 2 is 2.22 bits per heavy atom. The van der Waals surface area contributed by atoms with E-state index >= 15 is 0 Å². The number of benzene rings is 1. The van der Waals surface area contributed by atoms with Crippen LogP contribution in [0.25, 0.3) is 10.6 Å². The molecule has 18 heavy (non-hydrogen) atoms. The Hall–Kier alpha value is -1.40. The largest absolute Gasteiger partial charge is 0.496 e. The van der Waals surface area contributed by atoms with Gasteiger partial charge in [-0.1, -0.05) is 15.9 Å². The van der Waals surface area contributed by atoms with Crippen LogP contribution >= 0.6 is 27.3 Å². The molecule has 4 nitrogen and oxygen atoms in total. The third-order valence-electron chi connectivity index (χ3n) is 2.38. The Labute approximate surface area is 116 Å². The Morgan fingerprint density at radius 1 is 1.50 bits per heavy atom. The van der Waals surface area contributed by atoms with Gasteiger partial charge in [0.2, 0.25) is 0 Å². The number of carboxylic acid groups (broad SMARTS) is 1. The average molecular weight is 328 g/mol. The second kappa shape index (κ2) is 5.07. The molecule has 0 saturated carbocycles. The maximum Gasteiger partial charge on any atom is 0.347 e. The summed E-state index contributed by atoms with van der Waals surface area (Å²) >= 11 is 4.53. The van der Waals surface area contributed by atoms with Crippen LogP contribution in [0.1, 0.15) is 15.4 Å². The van der Waals surface area contributed by atoms with E-state index in [1.54, 1.807) is 14.0 Å². The first-order valence-corrected chi connectivity index (χ1v) is 6.68. The Balaban J connectivity index is 2.58. The van der Waals surface area contributed by atoms with Crippen molar-refractivity contribution in [3.8, 4) is 16.3 Å². The molecule has 0 aliphatic carbocycles. The zero-order valence-electron chi connectivity index (χ0n) is 9.73. The van der Waals surface area contributed by atoms with Gasteiger partial charge in [-0.25, -0.2) is 9.78 Å². The SMILES string of the molecule is COc1ccc(Br)cc1-c1nc(C)c(C(=O)O)s1. The van der Waals surface area contributed by atoms with Gasteiger partial charge in [-0.2, -0.15) is 0 Å². The minimum absolute atomic E-state index is 0.257. The molecule has 1 aromatic heterocycles. The van der Waals surface area contributed by atoms with Crippen molar-refractivity contribution < 1.29 is 14.6 Å². The minimum Gasteiger partial charge on any atom is -0.496 e. The van der Waals surface area contributed by atoms with Gasteiger partial charge < -0.3 is 9.84 Å². The molecular formula is C12H10BrNO3S. The zero-order chi connectivity index (χ0) is 13.3. The van der Waals surface area contributed by atoms with Gasteiger partial charge in [-0.15, -0.1) is 11.3 Å². The van der Waals surface area contributed by atoms with Crippen molar-refractivity contribution in [2.24, 2.45) is 0 Å². The zero-order valence-corrected chi connectivity index (χ0v) is 12.1. The van der Waals surface area contributed by atoms with Crippen molar-refractivity contribution >= 4 is 33.2 Å². The van der Waals surface area contributed by atoms with Gasteiger partial charge in [0.05, 0.1) is 18.4 Å². The normalized spacial score (nSPS) is 10.4. The lowest BCUT2D eigenvalue weighted by Gasteiger charge is -2.05. The van der Waals surface area contributed by atoms with Crippen LogP contribution in [0, 0.1) is 6.92 Å². The number of aromatic nitrogens is 1. The van der Waals surface area contributed by atoms with Crippen LogP contribution in [0.2, 0.25) is 0 Å². The molecule has 0 amide bonds. The molecule has 1 heterocycles. The fraction of sp³-hybridized carbons (Fsp3) is 0.167. The number of rotatable bonds is 3. The Morgan fingerprint density at radius 3 is 2.78 bits per heavy atom. The molecule has 0 atom stereocenters. The summed E-state index contributed by atoms with van der Waals surface area (Å²) in [4.78, 5) is 15.6. The summed E-state index contributed by atoms with van der Waals surface area (Å²) in [5.74, 6) is -0.283. The number of carbonyl (C=O) groups is 1. The van der Waals surface area contributed by atoms with Crippen molar-refractivity contribution in [3.63, 3.8) is 0 Å². The monoisotopic (exact) mass is 327 g/mol. The lowest BCUT2D eigenvalue weighted by Crippen LogP contribution is -1.94. The van der Waals surface area contributed by atoms with Crippen molar-refractivity contribution in [1.82, 2.24) is 4.98 Å². The van der Waals surface area contributed by atoms with E-state index in [4.69, 9.17) is 9.84 Å². The molecule has 2 rings (SSSR count). The van der Waals surface area contributed by atoms with E-state index in [0.29, 0.717) is 16.5 Å². The molecule has 0 bridgehead atoms. The maximum absolute atomic E-state index is 11.0. The number of nitrogens with zero attached hydrogens (tertiary/aromatic N) is 1. The van der Waals surface area contributed by atoms with Gasteiger partial charge in [0.25, 0.3) is 0 Å². The summed E-state index contributed by atoms with van der Waals surface area (Å²) in [5.41, 5.74) is 1.30. The molecule has 0 saturated heterocycles. The number of aromatic carboxylic acids is 1. The predicted octanol–water partition coefficient (Wildman–Crippen LogP) is 3.59. The van der Waals surface area contributed by atoms with Crippen LogP contribution in [0.5, 0.6) is 5.75 Å². The van der Waals surface area contributed by atoms with E-state index in [9.17, 15) is 4.79 Å². The van der Waals surface area contributed by atoms with E-state index in [2.05, 4.69) is 20.9 Å². The van der Waals surface area contributed by atoms with Gasteiger partial charge in [-0.05, 0) is 25.1 Å². The summed E-state index contributed by atoms with van der Waals surface area (Å²) in [6.07, 6.45) is 0. The van der Waals surface area contributed by atoms with E-state index in [1.165, 1.54) is 0 Å². The van der Waals surface area contributed by atoms with Crippen LogP contribution in [0.4, 0.5) is 0 Å². The topological polar surface area (TPSA) is 59.4 Å². The van der Waals surface area contributed by atoms with Crippen molar-refractivity contribution in [2.75, 3.05) is 7.11 Å². The number of carboxylic acids is 1. The van der Waals surface area contributed by atoms with Gasteiger partial charge in [0.15, 0.2) is 0 Å². The highest BCUT2D eigenvalue weighted by Gasteiger charge is 2.17. The number of aryl methyl sites for hydroxylation is 1. The van der Waals surface area contributed by atoms with Crippen molar-refractivity contribution in [1.29, 1.82) is 0 Å². The standard InChI is InChI=1S/C12H10BrNO3S/c1-6-10(12(15)16)18-11(14-6)8-5-7(13)3-4-9(8)17-2/h3-5H,1-2H3,(H,15,16). The average Bonchev–Trinajstić information content (AvgIpc) is 2.71. The molecule has 2 aromatic rings. The van der Waals surface area contributed by atoms with Crippen LogP contribution in [-0.2, 0) is 0 Å². The molecule has 0 aliphatic heterocycles.